The molecule has 24 heavy (non-hydrogen) atoms. The minimum atomic E-state index is -4.31. The van der Waals surface area contributed by atoms with Gasteiger partial charge >= 0.3 is 6.18 Å². The van der Waals surface area contributed by atoms with Crippen LogP contribution in [0.25, 0.3) is 0 Å². The van der Waals surface area contributed by atoms with E-state index in [0.717, 1.165) is 18.7 Å². The summed E-state index contributed by atoms with van der Waals surface area (Å²) in [6, 6.07) is 0. The summed E-state index contributed by atoms with van der Waals surface area (Å²) in [4.78, 5) is 12.2. The molecule has 134 valence electrons. The Morgan fingerprint density at radius 3 is 2.67 bits per heavy atom. The van der Waals surface area contributed by atoms with Gasteiger partial charge in [-0.3, -0.25) is 9.89 Å². The van der Waals surface area contributed by atoms with Crippen molar-refractivity contribution in [3.8, 4) is 0 Å². The summed E-state index contributed by atoms with van der Waals surface area (Å²) in [5.41, 5.74) is 0. The summed E-state index contributed by atoms with van der Waals surface area (Å²) < 4.78 is 41.6. The Morgan fingerprint density at radius 1 is 1.29 bits per heavy atom. The van der Waals surface area contributed by atoms with Crippen LogP contribution in [0.4, 0.5) is 13.2 Å². The number of aromatic amines is 1. The van der Waals surface area contributed by atoms with Crippen LogP contribution in [0.5, 0.6) is 0 Å². The summed E-state index contributed by atoms with van der Waals surface area (Å²) >= 11 is 5.18. The van der Waals surface area contributed by atoms with Crippen molar-refractivity contribution in [3.63, 3.8) is 0 Å². The van der Waals surface area contributed by atoms with Gasteiger partial charge < -0.3 is 9.88 Å². The van der Waals surface area contributed by atoms with Crippen LogP contribution in [0.3, 0.4) is 0 Å². The van der Waals surface area contributed by atoms with Gasteiger partial charge in [0.1, 0.15) is 5.82 Å². The van der Waals surface area contributed by atoms with E-state index in [-0.39, 0.29) is 13.0 Å². The number of hydrogen-bond donors (Lipinski definition) is 2. The number of halogens is 3. The maximum atomic E-state index is 13.1. The van der Waals surface area contributed by atoms with Gasteiger partial charge in [-0.05, 0) is 37.9 Å². The van der Waals surface area contributed by atoms with Crippen LogP contribution in [0, 0.1) is 16.6 Å². The predicted octanol–water partition coefficient (Wildman–Crippen LogP) is 3.30. The highest BCUT2D eigenvalue weighted by atomic mass is 32.1. The highest BCUT2D eigenvalue weighted by Crippen LogP contribution is 2.41. The molecule has 1 aromatic heterocycles. The lowest BCUT2D eigenvalue weighted by Gasteiger charge is -2.32. The molecule has 9 heteroatoms. The molecule has 2 fully saturated rings. The molecule has 0 radical (unpaired) electrons. The van der Waals surface area contributed by atoms with Crippen molar-refractivity contribution in [2.24, 2.45) is 11.8 Å². The van der Waals surface area contributed by atoms with E-state index < -0.39 is 23.9 Å². The Kier molecular flexibility index (Phi) is 4.98. The van der Waals surface area contributed by atoms with E-state index in [9.17, 15) is 18.0 Å². The second-order valence-corrected chi connectivity index (χ2v) is 7.03. The lowest BCUT2D eigenvalue weighted by atomic mass is 9.78. The van der Waals surface area contributed by atoms with Crippen LogP contribution in [0.1, 0.15) is 50.3 Å². The molecule has 0 saturated heterocycles. The first-order valence-electron chi connectivity index (χ1n) is 8.37. The topological polar surface area (TPSA) is 62.7 Å². The predicted molar refractivity (Wildman–Crippen MR) is 83.9 cm³/mol. The molecule has 5 nitrogen and oxygen atoms in total. The van der Waals surface area contributed by atoms with Crippen LogP contribution in [-0.4, -0.2) is 33.4 Å². The van der Waals surface area contributed by atoms with Crippen molar-refractivity contribution in [2.45, 2.75) is 57.2 Å². The van der Waals surface area contributed by atoms with Gasteiger partial charge in [-0.15, -0.1) is 0 Å². The number of nitrogens with zero attached hydrogens (tertiary/aromatic N) is 2. The van der Waals surface area contributed by atoms with E-state index in [1.54, 1.807) is 0 Å². The van der Waals surface area contributed by atoms with Gasteiger partial charge in [-0.1, -0.05) is 12.8 Å². The number of nitrogens with one attached hydrogen (secondary N) is 2. The summed E-state index contributed by atoms with van der Waals surface area (Å²) in [5.74, 6) is -1.72. The largest absolute Gasteiger partial charge is 0.392 e. The molecule has 1 heterocycles. The number of hydrogen-bond acceptors (Lipinski definition) is 3. The third-order valence-corrected chi connectivity index (χ3v) is 5.20. The maximum Gasteiger partial charge on any atom is 0.392 e. The zero-order valence-corrected chi connectivity index (χ0v) is 14.1. The normalized spacial score (nSPS) is 24.8. The van der Waals surface area contributed by atoms with Crippen molar-refractivity contribution in [1.82, 2.24) is 20.1 Å². The van der Waals surface area contributed by atoms with Crippen molar-refractivity contribution < 1.29 is 18.0 Å². The smallest absolute Gasteiger partial charge is 0.354 e. The monoisotopic (exact) mass is 362 g/mol. The molecule has 0 spiro atoms. The molecule has 0 unspecified atom stereocenters. The fourth-order valence-corrected chi connectivity index (χ4v) is 3.69. The quantitative estimate of drug-likeness (QED) is 0.790. The van der Waals surface area contributed by atoms with Crippen LogP contribution in [0.15, 0.2) is 0 Å². The molecular weight excluding hydrogens is 341 g/mol. The molecule has 0 aromatic carbocycles. The average molecular weight is 362 g/mol. The zero-order chi connectivity index (χ0) is 17.3. The van der Waals surface area contributed by atoms with Crippen molar-refractivity contribution in [2.75, 3.05) is 6.54 Å². The molecule has 0 bridgehead atoms. The van der Waals surface area contributed by atoms with Gasteiger partial charge in [-0.2, -0.15) is 18.3 Å². The number of amides is 1. The Hall–Kier alpha value is -1.38. The first-order chi connectivity index (χ1) is 11.4. The lowest BCUT2D eigenvalue weighted by molar-refractivity contribution is -0.198. The van der Waals surface area contributed by atoms with E-state index >= 15 is 0 Å². The Labute approximate surface area is 143 Å². The minimum Gasteiger partial charge on any atom is -0.354 e. The number of rotatable bonds is 5. The van der Waals surface area contributed by atoms with Crippen molar-refractivity contribution in [1.29, 1.82) is 0 Å². The number of carbonyl (C=O) groups is 1. The summed E-state index contributed by atoms with van der Waals surface area (Å²) in [6.07, 6.45) is -0.627. The molecule has 2 atom stereocenters. The van der Waals surface area contributed by atoms with Crippen LogP contribution in [0.2, 0.25) is 0 Å². The van der Waals surface area contributed by atoms with Gasteiger partial charge in [0.2, 0.25) is 5.91 Å². The first kappa shape index (κ1) is 17.4. The van der Waals surface area contributed by atoms with Gasteiger partial charge in [0.05, 0.1) is 5.92 Å². The molecule has 1 aromatic rings. The standard InChI is InChI=1S/C15H21F3N4OS/c16-15(17,18)11-4-2-1-3-10(11)13(23)19-7-8-22-12(9-5-6-9)20-21-14(22)24/h9-11H,1-8H2,(H,19,23)(H,21,24)/t10-,11-/m0/s1. The van der Waals surface area contributed by atoms with E-state index in [4.69, 9.17) is 12.2 Å². The highest BCUT2D eigenvalue weighted by molar-refractivity contribution is 7.71. The molecule has 1 amide bonds. The number of carbonyl (C=O) groups excluding carboxylic acids is 1. The first-order valence-corrected chi connectivity index (χ1v) is 8.78. The van der Waals surface area contributed by atoms with E-state index in [1.165, 1.54) is 0 Å². The Bertz CT molecular complexity index is 650. The molecule has 2 N–H and O–H groups in total. The third kappa shape index (κ3) is 3.81. The van der Waals surface area contributed by atoms with Gasteiger partial charge in [0, 0.05) is 24.9 Å². The van der Waals surface area contributed by atoms with E-state index in [0.29, 0.717) is 36.5 Å². The van der Waals surface area contributed by atoms with Gasteiger partial charge in [0.25, 0.3) is 0 Å². The molecule has 2 aliphatic carbocycles. The third-order valence-electron chi connectivity index (χ3n) is 4.89. The number of aromatic nitrogens is 3. The second kappa shape index (κ2) is 6.85. The fourth-order valence-electron chi connectivity index (χ4n) is 3.46. The van der Waals surface area contributed by atoms with Gasteiger partial charge in [0.15, 0.2) is 4.77 Å². The van der Waals surface area contributed by atoms with E-state index in [1.807, 2.05) is 4.57 Å². The molecular formula is C15H21F3N4OS. The number of H-pyrrole nitrogens is 1. The summed E-state index contributed by atoms with van der Waals surface area (Å²) in [7, 11) is 0. The SMILES string of the molecule is O=C(NCCn1c(C2CC2)n[nH]c1=S)[C@H]1CCCC[C@@H]1C(F)(F)F. The van der Waals surface area contributed by atoms with Crippen LogP contribution >= 0.6 is 12.2 Å². The second-order valence-electron chi connectivity index (χ2n) is 6.64. The maximum absolute atomic E-state index is 13.1. The van der Waals surface area contributed by atoms with Crippen LogP contribution in [-0.2, 0) is 11.3 Å². The van der Waals surface area contributed by atoms with Crippen molar-refractivity contribution in [3.05, 3.63) is 10.6 Å². The summed E-state index contributed by atoms with van der Waals surface area (Å²) in [5, 5.41) is 9.59. The zero-order valence-electron chi connectivity index (χ0n) is 13.2. The Balaban J connectivity index is 1.57. The van der Waals surface area contributed by atoms with Gasteiger partial charge in [-0.25, -0.2) is 0 Å². The fraction of sp³-hybridized carbons (Fsp3) is 0.800. The molecule has 2 saturated carbocycles. The molecule has 2 aliphatic rings. The van der Waals surface area contributed by atoms with Crippen molar-refractivity contribution >= 4 is 18.1 Å². The minimum absolute atomic E-state index is 0.0419. The summed E-state index contributed by atoms with van der Waals surface area (Å²) in [6.45, 7) is 0.684. The molecule has 3 rings (SSSR count). The highest BCUT2D eigenvalue weighted by Gasteiger charge is 2.47. The van der Waals surface area contributed by atoms with E-state index in [2.05, 4.69) is 15.5 Å². The van der Waals surface area contributed by atoms with Crippen LogP contribution < -0.4 is 5.32 Å². The lowest BCUT2D eigenvalue weighted by Crippen LogP contribution is -2.43. The molecule has 0 aliphatic heterocycles. The Morgan fingerprint density at radius 2 is 2.00 bits per heavy atom. The average Bonchev–Trinajstić information content (AvgIpc) is 3.31. The number of alkyl halides is 3.